The van der Waals surface area contributed by atoms with Gasteiger partial charge in [-0.15, -0.1) is 0 Å². The molecular formula is C23H27N3O3. The van der Waals surface area contributed by atoms with Crippen LogP contribution in [0.25, 0.3) is 10.9 Å². The Morgan fingerprint density at radius 3 is 2.28 bits per heavy atom. The van der Waals surface area contributed by atoms with Crippen molar-refractivity contribution in [3.05, 3.63) is 75.4 Å². The van der Waals surface area contributed by atoms with Crippen LogP contribution in [0.5, 0.6) is 0 Å². The minimum atomic E-state index is -0.438. The van der Waals surface area contributed by atoms with Gasteiger partial charge in [-0.1, -0.05) is 44.2 Å². The maximum absolute atomic E-state index is 13.2. The minimum Gasteiger partial charge on any atom is -0.311 e. The molecule has 0 unspecified atom stereocenters. The molecule has 0 fully saturated rings. The summed E-state index contributed by atoms with van der Waals surface area (Å²) >= 11 is 0. The van der Waals surface area contributed by atoms with Gasteiger partial charge in [-0.25, -0.2) is 4.79 Å². The smallest absolute Gasteiger partial charge is 0.311 e. The third-order valence-corrected chi connectivity index (χ3v) is 5.04. The molecule has 0 spiro atoms. The van der Waals surface area contributed by atoms with E-state index in [1.54, 1.807) is 29.2 Å². The number of anilines is 1. The van der Waals surface area contributed by atoms with Crippen molar-refractivity contribution in [1.82, 2.24) is 9.13 Å². The van der Waals surface area contributed by atoms with Gasteiger partial charge in [-0.3, -0.25) is 18.7 Å². The van der Waals surface area contributed by atoms with Crippen molar-refractivity contribution in [3.8, 4) is 0 Å². The molecule has 0 N–H and O–H groups in total. The summed E-state index contributed by atoms with van der Waals surface area (Å²) in [5, 5.41) is 0.450. The lowest BCUT2D eigenvalue weighted by Gasteiger charge is -2.22. The van der Waals surface area contributed by atoms with Gasteiger partial charge in [0.2, 0.25) is 5.91 Å². The van der Waals surface area contributed by atoms with Crippen molar-refractivity contribution in [2.24, 2.45) is 5.92 Å². The molecule has 1 aromatic heterocycles. The predicted octanol–water partition coefficient (Wildman–Crippen LogP) is 3.26. The summed E-state index contributed by atoms with van der Waals surface area (Å²) in [5.41, 5.74) is 0.531. The van der Waals surface area contributed by atoms with Crippen molar-refractivity contribution >= 4 is 22.5 Å². The summed E-state index contributed by atoms with van der Waals surface area (Å²) in [5.74, 6) is 0.163. The Labute approximate surface area is 170 Å². The molecule has 0 aliphatic carbocycles. The first-order chi connectivity index (χ1) is 13.9. The molecule has 0 radical (unpaired) electrons. The monoisotopic (exact) mass is 393 g/mol. The third-order valence-electron chi connectivity index (χ3n) is 5.04. The number of fused-ring (bicyclic) bond motifs is 1. The Bertz CT molecular complexity index is 1110. The van der Waals surface area contributed by atoms with Crippen LogP contribution in [0.3, 0.4) is 0 Å². The lowest BCUT2D eigenvalue weighted by molar-refractivity contribution is -0.119. The molecule has 2 aromatic carbocycles. The van der Waals surface area contributed by atoms with Crippen LogP contribution in [-0.2, 0) is 17.9 Å². The Balaban J connectivity index is 2.07. The van der Waals surface area contributed by atoms with Crippen LogP contribution in [0.15, 0.2) is 64.2 Å². The first-order valence-corrected chi connectivity index (χ1v) is 10.0. The van der Waals surface area contributed by atoms with E-state index < -0.39 is 5.69 Å². The number of aromatic nitrogens is 2. The molecule has 1 heterocycles. The van der Waals surface area contributed by atoms with E-state index in [0.717, 1.165) is 5.69 Å². The molecule has 0 aliphatic heterocycles. The van der Waals surface area contributed by atoms with E-state index in [0.29, 0.717) is 36.3 Å². The fourth-order valence-corrected chi connectivity index (χ4v) is 3.44. The van der Waals surface area contributed by atoms with Gasteiger partial charge >= 0.3 is 5.69 Å². The Morgan fingerprint density at radius 2 is 1.62 bits per heavy atom. The number of para-hydroxylation sites is 2. The second-order valence-electron chi connectivity index (χ2n) is 7.50. The highest BCUT2D eigenvalue weighted by molar-refractivity contribution is 5.94. The number of likely N-dealkylation sites (N-methyl/N-ethyl adjacent to an activating group) is 1. The van der Waals surface area contributed by atoms with Crippen molar-refractivity contribution in [2.45, 2.75) is 40.3 Å². The van der Waals surface area contributed by atoms with Gasteiger partial charge in [0, 0.05) is 18.8 Å². The van der Waals surface area contributed by atoms with Gasteiger partial charge in [-0.2, -0.15) is 0 Å². The predicted molar refractivity (Wildman–Crippen MR) is 116 cm³/mol. The molecular weight excluding hydrogens is 366 g/mol. The van der Waals surface area contributed by atoms with Gasteiger partial charge in [0.1, 0.15) is 6.54 Å². The maximum Gasteiger partial charge on any atom is 0.331 e. The van der Waals surface area contributed by atoms with Gasteiger partial charge in [0.05, 0.1) is 10.9 Å². The van der Waals surface area contributed by atoms with Crippen molar-refractivity contribution in [1.29, 1.82) is 0 Å². The topological polar surface area (TPSA) is 64.3 Å². The Hall–Kier alpha value is -3.15. The minimum absolute atomic E-state index is 0.121. The molecule has 0 bridgehead atoms. The molecule has 0 atom stereocenters. The normalized spacial score (nSPS) is 11.2. The Kier molecular flexibility index (Phi) is 6.32. The number of hydrogen-bond donors (Lipinski definition) is 0. The lowest BCUT2D eigenvalue weighted by Crippen LogP contribution is -2.43. The number of carbonyl (C=O) groups excluding carboxylic acids is 1. The molecule has 3 rings (SSSR count). The van der Waals surface area contributed by atoms with Crippen LogP contribution in [0.1, 0.15) is 27.2 Å². The van der Waals surface area contributed by atoms with E-state index in [4.69, 9.17) is 0 Å². The number of hydrogen-bond acceptors (Lipinski definition) is 3. The number of carbonyl (C=O) groups is 1. The Morgan fingerprint density at radius 1 is 0.966 bits per heavy atom. The quantitative estimate of drug-likeness (QED) is 0.619. The van der Waals surface area contributed by atoms with Crippen molar-refractivity contribution in [3.63, 3.8) is 0 Å². The van der Waals surface area contributed by atoms with Gasteiger partial charge < -0.3 is 4.90 Å². The van der Waals surface area contributed by atoms with Crippen LogP contribution in [0.4, 0.5) is 5.69 Å². The summed E-state index contributed by atoms with van der Waals surface area (Å²) in [4.78, 5) is 40.7. The average Bonchev–Trinajstić information content (AvgIpc) is 2.72. The molecule has 0 saturated heterocycles. The second-order valence-corrected chi connectivity index (χ2v) is 7.50. The maximum atomic E-state index is 13.2. The van der Waals surface area contributed by atoms with Gasteiger partial charge in [0.25, 0.3) is 5.56 Å². The number of amides is 1. The van der Waals surface area contributed by atoms with Crippen molar-refractivity contribution in [2.75, 3.05) is 11.4 Å². The lowest BCUT2D eigenvalue weighted by atomic mass is 10.1. The van der Waals surface area contributed by atoms with E-state index in [1.807, 2.05) is 51.1 Å². The summed E-state index contributed by atoms with van der Waals surface area (Å²) in [7, 11) is 0. The standard InChI is InChI=1S/C23H27N3O3/c1-4-24(18-10-6-5-7-11-18)21(27)16-26-20-13-9-8-12-19(20)22(28)25(23(26)29)15-14-17(2)3/h5-13,17H,4,14-16H2,1-3H3. The summed E-state index contributed by atoms with van der Waals surface area (Å²) < 4.78 is 2.68. The molecule has 6 heteroatoms. The van der Waals surface area contributed by atoms with Gasteiger partial charge in [0.15, 0.2) is 0 Å². The van der Waals surface area contributed by atoms with E-state index in [9.17, 15) is 14.4 Å². The zero-order valence-corrected chi connectivity index (χ0v) is 17.2. The highest BCUT2D eigenvalue weighted by Gasteiger charge is 2.19. The van der Waals surface area contributed by atoms with Crippen LogP contribution in [0, 0.1) is 5.92 Å². The average molecular weight is 393 g/mol. The molecule has 3 aromatic rings. The molecule has 29 heavy (non-hydrogen) atoms. The number of nitrogens with zero attached hydrogens (tertiary/aromatic N) is 3. The first-order valence-electron chi connectivity index (χ1n) is 10.0. The van der Waals surface area contributed by atoms with Crippen LogP contribution in [0.2, 0.25) is 0 Å². The van der Waals surface area contributed by atoms with E-state index in [2.05, 4.69) is 0 Å². The van der Waals surface area contributed by atoms with E-state index >= 15 is 0 Å². The SMILES string of the molecule is CCN(C(=O)Cn1c(=O)n(CCC(C)C)c(=O)c2ccccc21)c1ccccc1. The second kappa shape index (κ2) is 8.90. The molecule has 1 amide bonds. The first kappa shape index (κ1) is 20.6. The third kappa shape index (κ3) is 4.31. The van der Waals surface area contributed by atoms with Crippen LogP contribution in [-0.4, -0.2) is 21.6 Å². The summed E-state index contributed by atoms with van der Waals surface area (Å²) in [6, 6.07) is 16.3. The van der Waals surface area contributed by atoms with E-state index in [-0.39, 0.29) is 18.0 Å². The zero-order valence-electron chi connectivity index (χ0n) is 17.2. The van der Waals surface area contributed by atoms with E-state index in [1.165, 1.54) is 9.13 Å². The number of rotatable bonds is 7. The zero-order chi connectivity index (χ0) is 21.0. The summed E-state index contributed by atoms with van der Waals surface area (Å²) in [6.07, 6.45) is 0.715. The van der Waals surface area contributed by atoms with Crippen molar-refractivity contribution < 1.29 is 4.79 Å². The largest absolute Gasteiger partial charge is 0.331 e. The van der Waals surface area contributed by atoms with Gasteiger partial charge in [-0.05, 0) is 43.5 Å². The fourth-order valence-electron chi connectivity index (χ4n) is 3.44. The number of benzene rings is 2. The molecule has 152 valence electrons. The highest BCUT2D eigenvalue weighted by Crippen LogP contribution is 2.15. The summed E-state index contributed by atoms with van der Waals surface area (Å²) in [6.45, 7) is 6.70. The molecule has 0 saturated carbocycles. The molecule has 6 nitrogen and oxygen atoms in total. The molecule has 0 aliphatic rings. The van der Waals surface area contributed by atoms with Crippen LogP contribution < -0.4 is 16.1 Å². The fraction of sp³-hybridized carbons (Fsp3) is 0.348. The highest BCUT2D eigenvalue weighted by atomic mass is 16.2. The van der Waals surface area contributed by atoms with Crippen LogP contribution >= 0.6 is 0 Å².